The average molecular weight is 233 g/mol. The van der Waals surface area contributed by atoms with Gasteiger partial charge in [0, 0.05) is 5.56 Å². The van der Waals surface area contributed by atoms with Gasteiger partial charge in [-0.05, 0) is 31.2 Å². The number of methoxy groups -OCH3 is 1. The number of benzene rings is 1. The fourth-order valence-electron chi connectivity index (χ4n) is 1.50. The molecular weight excluding hydrogens is 222 g/mol. The Bertz CT molecular complexity index is 542. The van der Waals surface area contributed by atoms with Crippen LogP contribution in [-0.2, 0) is 0 Å². The molecule has 5 nitrogen and oxygen atoms in total. The molecule has 0 bridgehead atoms. The molecule has 0 saturated carbocycles. The van der Waals surface area contributed by atoms with Crippen molar-refractivity contribution >= 4 is 5.97 Å². The second-order valence-corrected chi connectivity index (χ2v) is 3.46. The summed E-state index contributed by atoms with van der Waals surface area (Å²) in [6.07, 6.45) is 0. The van der Waals surface area contributed by atoms with E-state index in [2.05, 4.69) is 4.98 Å². The molecule has 0 unspecified atom stereocenters. The Morgan fingerprint density at radius 2 is 2.00 bits per heavy atom. The lowest BCUT2D eigenvalue weighted by Crippen LogP contribution is -1.95. The zero-order valence-corrected chi connectivity index (χ0v) is 9.43. The Hall–Kier alpha value is -2.30. The summed E-state index contributed by atoms with van der Waals surface area (Å²) < 4.78 is 10.1. The highest BCUT2D eigenvalue weighted by Gasteiger charge is 2.16. The zero-order valence-electron chi connectivity index (χ0n) is 9.43. The molecule has 0 fully saturated rings. The maximum atomic E-state index is 10.7. The molecule has 17 heavy (non-hydrogen) atoms. The number of hydrogen-bond donors (Lipinski definition) is 1. The molecule has 0 saturated heterocycles. The van der Waals surface area contributed by atoms with Crippen LogP contribution in [0.25, 0.3) is 11.3 Å². The van der Waals surface area contributed by atoms with E-state index in [1.807, 2.05) is 0 Å². The van der Waals surface area contributed by atoms with E-state index in [9.17, 15) is 4.79 Å². The van der Waals surface area contributed by atoms with Gasteiger partial charge in [-0.3, -0.25) is 0 Å². The summed E-state index contributed by atoms with van der Waals surface area (Å²) in [7, 11) is 1.58. The summed E-state index contributed by atoms with van der Waals surface area (Å²) in [6, 6.07) is 7.17. The first-order chi connectivity index (χ1) is 8.11. The molecule has 0 amide bonds. The molecule has 1 N–H and O–H groups in total. The van der Waals surface area contributed by atoms with Gasteiger partial charge in [-0.1, -0.05) is 0 Å². The van der Waals surface area contributed by atoms with Gasteiger partial charge in [0.1, 0.15) is 17.2 Å². The highest BCUT2D eigenvalue weighted by molar-refractivity contribution is 5.83. The first-order valence-corrected chi connectivity index (χ1v) is 4.97. The summed E-state index contributed by atoms with van der Waals surface area (Å²) in [5, 5.41) is 8.78. The van der Waals surface area contributed by atoms with Gasteiger partial charge in [-0.2, -0.15) is 0 Å². The van der Waals surface area contributed by atoms with Crippen LogP contribution >= 0.6 is 0 Å². The molecule has 0 aliphatic carbocycles. The lowest BCUT2D eigenvalue weighted by molar-refractivity contribution is 0.0652. The van der Waals surface area contributed by atoms with Gasteiger partial charge >= 0.3 is 11.9 Å². The van der Waals surface area contributed by atoms with Crippen LogP contribution in [0.1, 0.15) is 16.4 Å². The molecular formula is C12H11NO4. The summed E-state index contributed by atoms with van der Waals surface area (Å²) in [5.41, 5.74) is 1.32. The quantitative estimate of drug-likeness (QED) is 0.880. The number of rotatable bonds is 3. The van der Waals surface area contributed by atoms with Crippen molar-refractivity contribution in [3.8, 4) is 17.0 Å². The first-order valence-electron chi connectivity index (χ1n) is 4.97. The van der Waals surface area contributed by atoms with Crippen LogP contribution < -0.4 is 4.74 Å². The highest BCUT2D eigenvalue weighted by Crippen LogP contribution is 2.25. The van der Waals surface area contributed by atoms with Crippen LogP contribution in [0.15, 0.2) is 28.7 Å². The summed E-state index contributed by atoms with van der Waals surface area (Å²) in [5.74, 6) is -0.262. The Morgan fingerprint density at radius 1 is 1.35 bits per heavy atom. The number of aromatic nitrogens is 1. The largest absolute Gasteiger partial charge is 0.497 e. The van der Waals surface area contributed by atoms with Crippen molar-refractivity contribution in [1.82, 2.24) is 4.98 Å². The predicted octanol–water partition coefficient (Wildman–Crippen LogP) is 2.36. The molecule has 0 atom stereocenters. The minimum absolute atomic E-state index is 0.298. The molecule has 2 aromatic rings. The van der Waals surface area contributed by atoms with Crippen LogP contribution in [0.2, 0.25) is 0 Å². The fraction of sp³-hybridized carbons (Fsp3) is 0.167. The van der Waals surface area contributed by atoms with Gasteiger partial charge in [0.25, 0.3) is 0 Å². The number of nitrogens with zero attached hydrogens (tertiary/aromatic N) is 1. The van der Waals surface area contributed by atoms with E-state index < -0.39 is 5.97 Å². The maximum absolute atomic E-state index is 10.7. The van der Waals surface area contributed by atoms with Crippen molar-refractivity contribution in [1.29, 1.82) is 0 Å². The Balaban J connectivity index is 2.41. The van der Waals surface area contributed by atoms with Crippen LogP contribution in [0.3, 0.4) is 0 Å². The third kappa shape index (κ3) is 2.13. The first kappa shape index (κ1) is 11.2. The summed E-state index contributed by atoms with van der Waals surface area (Å²) >= 11 is 0. The second-order valence-electron chi connectivity index (χ2n) is 3.46. The smallest absolute Gasteiger partial charge is 0.392 e. The molecule has 0 aliphatic heterocycles. The van der Waals surface area contributed by atoms with Gasteiger partial charge < -0.3 is 14.3 Å². The van der Waals surface area contributed by atoms with Crippen LogP contribution in [-0.4, -0.2) is 23.2 Å². The standard InChI is InChI=1S/C12H11NO4/c1-7-10(13-11(17-7)12(14)15)8-3-5-9(16-2)6-4-8/h3-6H,1-2H3,(H,14,15). The van der Waals surface area contributed by atoms with Crippen molar-refractivity contribution < 1.29 is 19.1 Å². The number of aromatic carboxylic acids is 1. The van der Waals surface area contributed by atoms with E-state index in [-0.39, 0.29) is 5.89 Å². The minimum Gasteiger partial charge on any atom is -0.497 e. The van der Waals surface area contributed by atoms with Gasteiger partial charge in [-0.25, -0.2) is 9.78 Å². The lowest BCUT2D eigenvalue weighted by Gasteiger charge is -2.00. The third-order valence-corrected chi connectivity index (χ3v) is 2.34. The minimum atomic E-state index is -1.17. The van der Waals surface area contributed by atoms with E-state index in [0.29, 0.717) is 11.5 Å². The summed E-state index contributed by atoms with van der Waals surface area (Å²) in [6.45, 7) is 1.68. The predicted molar refractivity (Wildman–Crippen MR) is 60.2 cm³/mol. The molecule has 0 aliphatic rings. The number of hydrogen-bond acceptors (Lipinski definition) is 4. The zero-order chi connectivity index (χ0) is 12.4. The van der Waals surface area contributed by atoms with E-state index in [1.54, 1.807) is 38.3 Å². The average Bonchev–Trinajstić information content (AvgIpc) is 2.72. The maximum Gasteiger partial charge on any atom is 0.392 e. The number of carboxylic acids is 1. The number of aryl methyl sites for hydroxylation is 1. The van der Waals surface area contributed by atoms with Crippen LogP contribution in [0.5, 0.6) is 5.75 Å². The number of carboxylic acid groups (broad SMARTS) is 1. The van der Waals surface area contributed by atoms with E-state index in [1.165, 1.54) is 0 Å². The molecule has 0 radical (unpaired) electrons. The number of ether oxygens (including phenoxy) is 1. The Morgan fingerprint density at radius 3 is 2.47 bits per heavy atom. The van der Waals surface area contributed by atoms with E-state index in [4.69, 9.17) is 14.3 Å². The van der Waals surface area contributed by atoms with Crippen LogP contribution in [0.4, 0.5) is 0 Å². The van der Waals surface area contributed by atoms with Crippen molar-refractivity contribution in [3.63, 3.8) is 0 Å². The van der Waals surface area contributed by atoms with Gasteiger partial charge in [0.05, 0.1) is 7.11 Å². The topological polar surface area (TPSA) is 72.6 Å². The van der Waals surface area contributed by atoms with Crippen molar-refractivity contribution in [2.75, 3.05) is 7.11 Å². The third-order valence-electron chi connectivity index (χ3n) is 2.34. The number of carbonyl (C=O) groups is 1. The monoisotopic (exact) mass is 233 g/mol. The van der Waals surface area contributed by atoms with Crippen LogP contribution in [0, 0.1) is 6.92 Å². The fourth-order valence-corrected chi connectivity index (χ4v) is 1.50. The highest BCUT2D eigenvalue weighted by atomic mass is 16.5. The Labute approximate surface area is 97.7 Å². The molecule has 0 spiro atoms. The van der Waals surface area contributed by atoms with Crippen molar-refractivity contribution in [2.24, 2.45) is 0 Å². The normalized spacial score (nSPS) is 10.2. The molecule has 1 heterocycles. The SMILES string of the molecule is COc1ccc(-c2nc(C(=O)O)oc2C)cc1. The van der Waals surface area contributed by atoms with Gasteiger partial charge in [0.2, 0.25) is 0 Å². The van der Waals surface area contributed by atoms with E-state index in [0.717, 1.165) is 11.3 Å². The molecule has 5 heteroatoms. The molecule has 2 rings (SSSR count). The van der Waals surface area contributed by atoms with Crippen molar-refractivity contribution in [2.45, 2.75) is 6.92 Å². The van der Waals surface area contributed by atoms with Gasteiger partial charge in [0.15, 0.2) is 0 Å². The van der Waals surface area contributed by atoms with Gasteiger partial charge in [-0.15, -0.1) is 0 Å². The second kappa shape index (κ2) is 4.29. The summed E-state index contributed by atoms with van der Waals surface area (Å²) in [4.78, 5) is 14.7. The Kier molecular flexibility index (Phi) is 2.82. The molecule has 88 valence electrons. The van der Waals surface area contributed by atoms with Crippen molar-refractivity contribution in [3.05, 3.63) is 35.9 Å². The lowest BCUT2D eigenvalue weighted by atomic mass is 10.1. The molecule has 1 aromatic heterocycles. The van der Waals surface area contributed by atoms with E-state index >= 15 is 0 Å². The number of oxazole rings is 1. The molecule has 1 aromatic carbocycles.